The third-order valence-corrected chi connectivity index (χ3v) is 3.20. The number of hydrogen-bond donors (Lipinski definition) is 1. The normalized spacial score (nSPS) is 12.7. The van der Waals surface area contributed by atoms with Gasteiger partial charge in [-0.15, -0.1) is 0 Å². The molecular formula is C17H22BrNO4. The maximum Gasteiger partial charge on any atom is 0.408 e. The number of amides is 1. The predicted octanol–water partition coefficient (Wildman–Crippen LogP) is 3.92. The zero-order valence-electron chi connectivity index (χ0n) is 13.8. The zero-order chi connectivity index (χ0) is 17.5. The van der Waals surface area contributed by atoms with Gasteiger partial charge in [0.05, 0.1) is 7.11 Å². The lowest BCUT2D eigenvalue weighted by molar-refractivity contribution is -0.143. The maximum absolute atomic E-state index is 11.8. The van der Waals surface area contributed by atoms with E-state index >= 15 is 0 Å². The van der Waals surface area contributed by atoms with E-state index in [2.05, 4.69) is 21.2 Å². The molecule has 1 aromatic carbocycles. The summed E-state index contributed by atoms with van der Waals surface area (Å²) >= 11 is 3.40. The van der Waals surface area contributed by atoms with Gasteiger partial charge in [-0.05, 0) is 44.9 Å². The molecule has 126 valence electrons. The summed E-state index contributed by atoms with van der Waals surface area (Å²) in [5.41, 5.74) is 0.358. The maximum atomic E-state index is 11.8. The van der Waals surface area contributed by atoms with Crippen molar-refractivity contribution < 1.29 is 19.1 Å². The van der Waals surface area contributed by atoms with E-state index in [1.165, 1.54) is 7.11 Å². The lowest BCUT2D eigenvalue weighted by Crippen LogP contribution is -2.43. The summed E-state index contributed by atoms with van der Waals surface area (Å²) in [5, 5.41) is 2.53. The van der Waals surface area contributed by atoms with Crippen LogP contribution in [0.4, 0.5) is 4.79 Å². The molecule has 23 heavy (non-hydrogen) atoms. The number of benzene rings is 1. The molecule has 0 aliphatic carbocycles. The highest BCUT2D eigenvalue weighted by molar-refractivity contribution is 9.10. The Morgan fingerprint density at radius 3 is 2.61 bits per heavy atom. The molecule has 0 aliphatic heterocycles. The molecule has 0 heterocycles. The minimum Gasteiger partial charge on any atom is -0.467 e. The summed E-state index contributed by atoms with van der Waals surface area (Å²) in [6.07, 6.45) is 3.33. The summed E-state index contributed by atoms with van der Waals surface area (Å²) in [6, 6.07) is 6.94. The van der Waals surface area contributed by atoms with Crippen molar-refractivity contribution in [3.8, 4) is 0 Å². The Balaban J connectivity index is 2.68. The van der Waals surface area contributed by atoms with Gasteiger partial charge in [0.25, 0.3) is 0 Å². The van der Waals surface area contributed by atoms with E-state index in [1.54, 1.807) is 26.8 Å². The standard InChI is InChI=1S/C17H22BrNO4/c1-17(2,3)23-16(21)19-14(15(20)22-4)10-6-8-12-7-5-9-13(18)11-12/h5-9,11,14H,10H2,1-4H3,(H,19,21)/t14-/m0/s1. The molecule has 0 bridgehead atoms. The second-order valence-corrected chi connectivity index (χ2v) is 6.83. The number of ether oxygens (including phenoxy) is 2. The first kappa shape index (κ1) is 19.2. The van der Waals surface area contributed by atoms with Crippen LogP contribution in [0.5, 0.6) is 0 Å². The number of halogens is 1. The molecule has 0 aromatic heterocycles. The fraction of sp³-hybridized carbons (Fsp3) is 0.412. The van der Waals surface area contributed by atoms with E-state index in [0.717, 1.165) is 10.0 Å². The van der Waals surface area contributed by atoms with Gasteiger partial charge in [0.15, 0.2) is 0 Å². The van der Waals surface area contributed by atoms with Gasteiger partial charge in [0, 0.05) is 4.47 Å². The first-order chi connectivity index (χ1) is 10.7. The van der Waals surface area contributed by atoms with Crippen molar-refractivity contribution in [2.24, 2.45) is 0 Å². The Morgan fingerprint density at radius 2 is 2.04 bits per heavy atom. The number of carbonyl (C=O) groups excluding carboxylic acids is 2. The molecule has 1 atom stereocenters. The average Bonchev–Trinajstić information content (AvgIpc) is 2.43. The largest absolute Gasteiger partial charge is 0.467 e. The number of carbonyl (C=O) groups is 2. The van der Waals surface area contributed by atoms with E-state index in [9.17, 15) is 9.59 Å². The van der Waals surface area contributed by atoms with Gasteiger partial charge < -0.3 is 14.8 Å². The Labute approximate surface area is 145 Å². The molecule has 0 saturated carbocycles. The van der Waals surface area contributed by atoms with Crippen molar-refractivity contribution in [2.75, 3.05) is 7.11 Å². The monoisotopic (exact) mass is 383 g/mol. The van der Waals surface area contributed by atoms with Gasteiger partial charge in [-0.25, -0.2) is 9.59 Å². The average molecular weight is 384 g/mol. The minimum absolute atomic E-state index is 0.304. The predicted molar refractivity (Wildman–Crippen MR) is 93.0 cm³/mol. The lowest BCUT2D eigenvalue weighted by Gasteiger charge is -2.22. The number of methoxy groups -OCH3 is 1. The van der Waals surface area contributed by atoms with Crippen molar-refractivity contribution in [3.05, 3.63) is 40.4 Å². The smallest absolute Gasteiger partial charge is 0.408 e. The number of esters is 1. The van der Waals surface area contributed by atoms with Gasteiger partial charge in [0.2, 0.25) is 0 Å². The topological polar surface area (TPSA) is 64.6 Å². The molecule has 0 saturated heterocycles. The van der Waals surface area contributed by atoms with Crippen LogP contribution in [0, 0.1) is 0 Å². The van der Waals surface area contributed by atoms with Crippen molar-refractivity contribution in [1.82, 2.24) is 5.32 Å². The number of hydrogen-bond acceptors (Lipinski definition) is 4. The van der Waals surface area contributed by atoms with Crippen LogP contribution in [0.3, 0.4) is 0 Å². The minimum atomic E-state index is -0.793. The first-order valence-electron chi connectivity index (χ1n) is 7.21. The van der Waals surface area contributed by atoms with Gasteiger partial charge in [0.1, 0.15) is 11.6 Å². The summed E-state index contributed by atoms with van der Waals surface area (Å²) in [7, 11) is 1.28. The fourth-order valence-electron chi connectivity index (χ4n) is 1.76. The number of nitrogens with one attached hydrogen (secondary N) is 1. The van der Waals surface area contributed by atoms with Gasteiger partial charge in [-0.3, -0.25) is 0 Å². The van der Waals surface area contributed by atoms with Crippen LogP contribution in [0.25, 0.3) is 6.08 Å². The van der Waals surface area contributed by atoms with Crippen molar-refractivity contribution in [2.45, 2.75) is 38.8 Å². The second kappa shape index (κ2) is 8.72. The second-order valence-electron chi connectivity index (χ2n) is 5.92. The van der Waals surface area contributed by atoms with E-state index in [0.29, 0.717) is 6.42 Å². The molecular weight excluding hydrogens is 362 g/mol. The van der Waals surface area contributed by atoms with Crippen LogP contribution in [0.15, 0.2) is 34.8 Å². The van der Waals surface area contributed by atoms with Crippen LogP contribution in [-0.4, -0.2) is 30.8 Å². The molecule has 1 N–H and O–H groups in total. The Bertz CT molecular complexity index is 578. The van der Waals surface area contributed by atoms with Gasteiger partial charge in [-0.1, -0.05) is 40.2 Å². The van der Waals surface area contributed by atoms with Crippen LogP contribution in [-0.2, 0) is 14.3 Å². The van der Waals surface area contributed by atoms with E-state index in [4.69, 9.17) is 9.47 Å². The molecule has 0 fully saturated rings. The molecule has 5 nitrogen and oxygen atoms in total. The highest BCUT2D eigenvalue weighted by atomic mass is 79.9. The highest BCUT2D eigenvalue weighted by Gasteiger charge is 2.23. The molecule has 1 aromatic rings. The van der Waals surface area contributed by atoms with Crippen LogP contribution < -0.4 is 5.32 Å². The quantitative estimate of drug-likeness (QED) is 0.782. The molecule has 0 radical (unpaired) electrons. The zero-order valence-corrected chi connectivity index (χ0v) is 15.3. The summed E-state index contributed by atoms with van der Waals surface area (Å²) in [6.45, 7) is 5.27. The van der Waals surface area contributed by atoms with Crippen LogP contribution in [0.2, 0.25) is 0 Å². The summed E-state index contributed by atoms with van der Waals surface area (Å²) in [4.78, 5) is 23.6. The third-order valence-electron chi connectivity index (χ3n) is 2.71. The first-order valence-corrected chi connectivity index (χ1v) is 8.00. The van der Waals surface area contributed by atoms with Crippen LogP contribution >= 0.6 is 15.9 Å². The Hall–Kier alpha value is -1.82. The van der Waals surface area contributed by atoms with E-state index in [-0.39, 0.29) is 0 Å². The fourth-order valence-corrected chi connectivity index (χ4v) is 2.17. The van der Waals surface area contributed by atoms with Crippen LogP contribution in [0.1, 0.15) is 32.8 Å². The molecule has 1 rings (SSSR count). The molecule has 0 unspecified atom stereocenters. The van der Waals surface area contributed by atoms with Crippen molar-refractivity contribution in [1.29, 1.82) is 0 Å². The Morgan fingerprint density at radius 1 is 1.35 bits per heavy atom. The third kappa shape index (κ3) is 7.83. The highest BCUT2D eigenvalue weighted by Crippen LogP contribution is 2.13. The number of alkyl carbamates (subject to hydrolysis) is 1. The SMILES string of the molecule is COC(=O)[C@H](CC=Cc1cccc(Br)c1)NC(=O)OC(C)(C)C. The molecule has 6 heteroatoms. The summed E-state index contributed by atoms with van der Waals surface area (Å²) in [5.74, 6) is -0.519. The van der Waals surface area contributed by atoms with Gasteiger partial charge >= 0.3 is 12.1 Å². The molecule has 0 spiro atoms. The lowest BCUT2D eigenvalue weighted by atomic mass is 10.1. The Kier molecular flexibility index (Phi) is 7.29. The van der Waals surface area contributed by atoms with E-state index < -0.39 is 23.7 Å². The van der Waals surface area contributed by atoms with E-state index in [1.807, 2.05) is 30.3 Å². The number of rotatable bonds is 5. The van der Waals surface area contributed by atoms with Crippen molar-refractivity contribution in [3.63, 3.8) is 0 Å². The molecule has 1 amide bonds. The summed E-state index contributed by atoms with van der Waals surface area (Å²) < 4.78 is 10.8. The molecule has 0 aliphatic rings. The van der Waals surface area contributed by atoms with Crippen molar-refractivity contribution >= 4 is 34.1 Å². The van der Waals surface area contributed by atoms with Gasteiger partial charge in [-0.2, -0.15) is 0 Å².